The van der Waals surface area contributed by atoms with E-state index >= 15 is 0 Å². The number of aromatic nitrogens is 1. The third-order valence-electron chi connectivity index (χ3n) is 5.89. The van der Waals surface area contributed by atoms with Crippen LogP contribution in [0.25, 0.3) is 0 Å². The quantitative estimate of drug-likeness (QED) is 0.0371. The first-order chi connectivity index (χ1) is 20.9. The first kappa shape index (κ1) is 38.8. The summed E-state index contributed by atoms with van der Waals surface area (Å²) in [6.45, 7) is 7.51. The smallest absolute Gasteiger partial charge is 0.426 e. The van der Waals surface area contributed by atoms with Crippen LogP contribution in [0.4, 0.5) is 5.69 Å². The molecule has 0 aliphatic rings. The first-order valence-corrected chi connectivity index (χ1v) is 14.7. The minimum Gasteiger partial charge on any atom is -1.00 e. The Bertz CT molecular complexity index is 1120. The highest BCUT2D eigenvalue weighted by atomic mass is 35.5. The normalized spacial score (nSPS) is 11.7. The van der Waals surface area contributed by atoms with Crippen molar-refractivity contribution in [2.24, 2.45) is 10.7 Å². The first-order valence-electron chi connectivity index (χ1n) is 14.4. The average molecular weight is 657 g/mol. The van der Waals surface area contributed by atoms with Gasteiger partial charge in [-0.3, -0.25) is 9.53 Å². The van der Waals surface area contributed by atoms with E-state index in [2.05, 4.69) is 4.99 Å². The molecule has 1 unspecified atom stereocenters. The number of nitriles is 1. The third kappa shape index (κ3) is 16.6. The van der Waals surface area contributed by atoms with Gasteiger partial charge in [0.15, 0.2) is 12.4 Å². The summed E-state index contributed by atoms with van der Waals surface area (Å²) in [7, 11) is 0. The van der Waals surface area contributed by atoms with Gasteiger partial charge in [-0.05, 0) is 44.0 Å². The Balaban J connectivity index is 0.00000968. The molecule has 0 spiro atoms. The van der Waals surface area contributed by atoms with Crippen LogP contribution >= 0.6 is 11.6 Å². The summed E-state index contributed by atoms with van der Waals surface area (Å²) >= 11 is 5.90. The van der Waals surface area contributed by atoms with E-state index in [-0.39, 0.29) is 25.0 Å². The molecular formula is C30H43Cl2N5O7. The maximum absolute atomic E-state index is 11.7. The predicted octanol–water partition coefficient (Wildman–Crippen LogP) is 0.979. The van der Waals surface area contributed by atoms with Crippen molar-refractivity contribution in [1.29, 1.82) is 5.26 Å². The van der Waals surface area contributed by atoms with E-state index in [0.29, 0.717) is 57.8 Å². The van der Waals surface area contributed by atoms with Crippen molar-refractivity contribution < 1.29 is 50.2 Å². The number of carbonyl (C=O) groups excluding carboxylic acids is 1. The van der Waals surface area contributed by atoms with Gasteiger partial charge in [0.1, 0.15) is 5.75 Å². The van der Waals surface area contributed by atoms with Gasteiger partial charge < -0.3 is 46.7 Å². The lowest BCUT2D eigenvalue weighted by Crippen LogP contribution is -3.00. The summed E-state index contributed by atoms with van der Waals surface area (Å²) in [4.78, 5) is 17.2. The summed E-state index contributed by atoms with van der Waals surface area (Å²) in [5.41, 5.74) is 6.83. The number of hydrogen-bond donors (Lipinski definition) is 1. The Labute approximate surface area is 271 Å². The summed E-state index contributed by atoms with van der Waals surface area (Å²) in [6, 6.07) is 10.9. The van der Waals surface area contributed by atoms with Crippen LogP contribution < -0.4 is 32.3 Å². The van der Waals surface area contributed by atoms with Gasteiger partial charge in [-0.15, -0.1) is 9.56 Å². The SMILES string of the molecule is CCOCCOCCOCCOC(OC(C)=O)[n+]1ccc(N(CCCCCCOc2ccc(Cl)cc2)C(N)=NC#N)cc1.[Cl-]. The third-order valence-corrected chi connectivity index (χ3v) is 6.14. The summed E-state index contributed by atoms with van der Waals surface area (Å²) in [5, 5.41) is 9.72. The summed E-state index contributed by atoms with van der Waals surface area (Å²) in [5.74, 6) is 0.399. The fraction of sp³-hybridized carbons (Fsp3) is 0.533. The summed E-state index contributed by atoms with van der Waals surface area (Å²) < 4.78 is 34.5. The molecule has 0 amide bonds. The zero-order valence-corrected chi connectivity index (χ0v) is 26.9. The Morgan fingerprint density at radius 2 is 1.57 bits per heavy atom. The molecule has 0 saturated heterocycles. The number of carbonyl (C=O) groups is 1. The Hall–Kier alpha value is -3.18. The maximum Gasteiger partial charge on any atom is 0.426 e. The van der Waals surface area contributed by atoms with Gasteiger partial charge >= 0.3 is 12.4 Å². The van der Waals surface area contributed by atoms with Crippen LogP contribution in [0.2, 0.25) is 5.02 Å². The van der Waals surface area contributed by atoms with E-state index in [1.807, 2.05) is 19.1 Å². The van der Waals surface area contributed by atoms with Crippen molar-refractivity contribution in [2.45, 2.75) is 45.9 Å². The van der Waals surface area contributed by atoms with Crippen molar-refractivity contribution in [3.8, 4) is 11.9 Å². The molecule has 1 heterocycles. The molecule has 0 fully saturated rings. The van der Waals surface area contributed by atoms with Gasteiger partial charge in [0.05, 0.1) is 51.9 Å². The second-order valence-electron chi connectivity index (χ2n) is 9.15. The molecule has 1 aromatic carbocycles. The van der Waals surface area contributed by atoms with Crippen molar-refractivity contribution in [2.75, 3.05) is 64.3 Å². The van der Waals surface area contributed by atoms with E-state index in [1.54, 1.807) is 52.3 Å². The highest BCUT2D eigenvalue weighted by Gasteiger charge is 2.23. The number of pyridine rings is 1. The lowest BCUT2D eigenvalue weighted by Gasteiger charge is -2.22. The lowest BCUT2D eigenvalue weighted by molar-refractivity contribution is -0.799. The largest absolute Gasteiger partial charge is 1.00 e. The number of benzene rings is 1. The van der Waals surface area contributed by atoms with Crippen LogP contribution in [-0.2, 0) is 28.5 Å². The molecule has 2 aromatic rings. The van der Waals surface area contributed by atoms with Gasteiger partial charge in [-0.25, -0.2) is 0 Å². The molecule has 0 saturated carbocycles. The van der Waals surface area contributed by atoms with Crippen molar-refractivity contribution in [3.05, 3.63) is 53.8 Å². The monoisotopic (exact) mass is 655 g/mol. The molecule has 2 rings (SSSR count). The number of anilines is 1. The van der Waals surface area contributed by atoms with Crippen LogP contribution in [0.15, 0.2) is 53.8 Å². The molecule has 12 nitrogen and oxygen atoms in total. The predicted molar refractivity (Wildman–Crippen MR) is 162 cm³/mol. The van der Waals surface area contributed by atoms with Crippen molar-refractivity contribution in [3.63, 3.8) is 0 Å². The van der Waals surface area contributed by atoms with Gasteiger partial charge in [0.2, 0.25) is 12.2 Å². The van der Waals surface area contributed by atoms with Crippen LogP contribution in [0.5, 0.6) is 5.75 Å². The average Bonchev–Trinajstić information content (AvgIpc) is 3.00. The lowest BCUT2D eigenvalue weighted by atomic mass is 10.2. The molecule has 44 heavy (non-hydrogen) atoms. The molecule has 1 aromatic heterocycles. The van der Waals surface area contributed by atoms with Crippen LogP contribution in [-0.4, -0.2) is 71.3 Å². The molecule has 14 heteroatoms. The van der Waals surface area contributed by atoms with E-state index < -0.39 is 12.4 Å². The number of unbranched alkanes of at least 4 members (excludes halogenated alkanes) is 3. The molecule has 0 radical (unpaired) electrons. The molecule has 0 bridgehead atoms. The standard InChI is InChI=1S/C30H43ClN5O7.ClH/c1-3-38-18-19-39-20-21-40-22-23-42-30(43-25(2)37)35-15-12-27(13-16-35)36(29(33)34-24-32)14-6-4-5-7-17-41-28-10-8-26(31)9-11-28;/h8-13,15-16,30H,3-7,14,17-23H2,1-2H3,(H2,33,34);1H/q+1;/p-1. The molecule has 1 atom stereocenters. The van der Waals surface area contributed by atoms with Gasteiger partial charge in [-0.1, -0.05) is 24.4 Å². The Morgan fingerprint density at radius 3 is 2.18 bits per heavy atom. The van der Waals surface area contributed by atoms with Crippen LogP contribution in [0, 0.1) is 11.5 Å². The topological polar surface area (TPSA) is 142 Å². The van der Waals surface area contributed by atoms with Gasteiger partial charge in [0.25, 0.3) is 0 Å². The number of nitrogens with zero attached hydrogens (tertiary/aromatic N) is 4. The Morgan fingerprint density at radius 1 is 0.955 bits per heavy atom. The number of aliphatic imine (C=N–C) groups is 1. The number of hydrogen-bond acceptors (Lipinski definition) is 9. The second kappa shape index (κ2) is 24.2. The number of rotatable bonds is 22. The highest BCUT2D eigenvalue weighted by molar-refractivity contribution is 6.30. The van der Waals surface area contributed by atoms with Crippen LogP contribution in [0.3, 0.4) is 0 Å². The van der Waals surface area contributed by atoms with E-state index in [4.69, 9.17) is 51.0 Å². The fourth-order valence-electron chi connectivity index (χ4n) is 3.80. The Kier molecular flexibility index (Phi) is 21.3. The fourth-order valence-corrected chi connectivity index (χ4v) is 3.93. The molecule has 0 aliphatic carbocycles. The molecular weight excluding hydrogens is 613 g/mol. The van der Waals surface area contributed by atoms with Gasteiger partial charge in [-0.2, -0.15) is 5.26 Å². The highest BCUT2D eigenvalue weighted by Crippen LogP contribution is 2.17. The minimum absolute atomic E-state index is 0. The maximum atomic E-state index is 11.7. The number of halogens is 2. The minimum atomic E-state index is -0.980. The zero-order chi connectivity index (χ0) is 31.1. The number of guanidine groups is 1. The second-order valence-corrected chi connectivity index (χ2v) is 9.59. The molecule has 0 aliphatic heterocycles. The molecule has 2 N–H and O–H groups in total. The van der Waals surface area contributed by atoms with Crippen LogP contribution in [0.1, 0.15) is 45.9 Å². The number of ether oxygens (including phenoxy) is 6. The molecule has 244 valence electrons. The van der Waals surface area contributed by atoms with E-state index in [9.17, 15) is 4.79 Å². The van der Waals surface area contributed by atoms with Crippen molar-refractivity contribution in [1.82, 2.24) is 0 Å². The van der Waals surface area contributed by atoms with Crippen molar-refractivity contribution >= 4 is 29.2 Å². The van der Waals surface area contributed by atoms with E-state index in [1.165, 1.54) is 6.92 Å². The number of nitrogens with two attached hydrogens (primary N) is 1. The van der Waals surface area contributed by atoms with E-state index in [0.717, 1.165) is 37.1 Å². The van der Waals surface area contributed by atoms with Gasteiger partial charge in [0, 0.05) is 37.2 Å². The zero-order valence-electron chi connectivity index (χ0n) is 25.4. The summed E-state index contributed by atoms with van der Waals surface area (Å²) in [6.07, 6.45) is 7.82. The number of esters is 1.